The molecule has 1 aromatic heterocycles. The fourth-order valence-electron chi connectivity index (χ4n) is 6.25. The van der Waals surface area contributed by atoms with Crippen LogP contribution in [0.15, 0.2) is 72.9 Å². The van der Waals surface area contributed by atoms with Gasteiger partial charge in [0.15, 0.2) is 5.78 Å². The van der Waals surface area contributed by atoms with E-state index >= 15 is 0 Å². The maximum atomic E-state index is 13.8. The van der Waals surface area contributed by atoms with Gasteiger partial charge in [-0.25, -0.2) is 0 Å². The molecule has 2 aliphatic heterocycles. The zero-order chi connectivity index (χ0) is 34.0. The molecule has 2 N–H and O–H groups in total. The average Bonchev–Trinajstić information content (AvgIpc) is 3.08. The van der Waals surface area contributed by atoms with Gasteiger partial charge in [0, 0.05) is 43.3 Å². The van der Waals surface area contributed by atoms with E-state index in [-0.39, 0.29) is 53.2 Å². The molecule has 0 saturated carbocycles. The Morgan fingerprint density at radius 1 is 0.878 bits per heavy atom. The third-order valence-electron chi connectivity index (χ3n) is 8.72. The number of pyridine rings is 1. The van der Waals surface area contributed by atoms with Crippen LogP contribution >= 0.6 is 0 Å². The Morgan fingerprint density at radius 2 is 1.49 bits per heavy atom. The number of aromatic nitrogens is 1. The number of amides is 2. The molecule has 0 bridgehead atoms. The molecule has 1 spiro atoms. The third kappa shape index (κ3) is 7.34. The average molecular weight is 672 g/mol. The molecule has 11 nitrogen and oxygen atoms in total. The fraction of sp³-hybridized carbons (Fsp3) is 0.270. The molecule has 3 aromatic carbocycles. The number of aromatic carboxylic acids is 1. The molecular formula is C37H34N3NaO8. The summed E-state index contributed by atoms with van der Waals surface area (Å²) in [5, 5.41) is 11.3. The molecule has 2 aliphatic rings. The van der Waals surface area contributed by atoms with Gasteiger partial charge < -0.3 is 34.7 Å². The smallest absolute Gasteiger partial charge is 0.545 e. The number of Topliss-reactive ketones (excluding diaryl/α,β-unsaturated/α-hetero) is 1. The van der Waals surface area contributed by atoms with Crippen molar-refractivity contribution >= 4 is 23.6 Å². The summed E-state index contributed by atoms with van der Waals surface area (Å²) in [5.41, 5.74) is 8.42. The van der Waals surface area contributed by atoms with Crippen molar-refractivity contribution in [3.63, 3.8) is 0 Å². The molecule has 6 rings (SSSR count). The molecule has 0 aliphatic carbocycles. The van der Waals surface area contributed by atoms with Gasteiger partial charge >= 0.3 is 29.6 Å². The Balaban J connectivity index is 0.00000468. The van der Waals surface area contributed by atoms with Crippen molar-refractivity contribution in [3.8, 4) is 39.6 Å². The van der Waals surface area contributed by atoms with E-state index in [2.05, 4.69) is 4.98 Å². The third-order valence-corrected chi connectivity index (χ3v) is 8.72. The zero-order valence-electron chi connectivity index (χ0n) is 27.6. The standard InChI is InChI=1S/C37H35N3O8.Na/c1-3-46-31-18-26(19-32(47-4-2)33(31)22-5-7-23(8-6-22)36(44)45)35(43)40-15-13-37(14-16-40)20-29(41)27-17-24(10-12-30(27)48-37)28-11-9-25(21-39-28)34(38)42;/h5-12,17-19,21H,3-4,13-16,20H2,1-2H3,(H2,38,42)(H,44,45);/q;+1/p-1. The number of ether oxygens (including phenoxy) is 3. The number of carbonyl (C=O) groups is 4. The van der Waals surface area contributed by atoms with Crippen LogP contribution in [0.2, 0.25) is 0 Å². The van der Waals surface area contributed by atoms with Gasteiger partial charge in [0.2, 0.25) is 5.91 Å². The summed E-state index contributed by atoms with van der Waals surface area (Å²) < 4.78 is 18.4. The van der Waals surface area contributed by atoms with Crippen LogP contribution in [0, 0.1) is 0 Å². The van der Waals surface area contributed by atoms with Crippen molar-refractivity contribution < 1.29 is 68.1 Å². The number of likely N-dealkylation sites (tertiary alicyclic amines) is 1. The molecule has 12 heteroatoms. The molecule has 0 atom stereocenters. The second-order valence-electron chi connectivity index (χ2n) is 11.8. The second-order valence-corrected chi connectivity index (χ2v) is 11.8. The van der Waals surface area contributed by atoms with Crippen molar-refractivity contribution in [3.05, 3.63) is 95.2 Å². The summed E-state index contributed by atoms with van der Waals surface area (Å²) in [7, 11) is 0. The first-order valence-electron chi connectivity index (χ1n) is 15.8. The first kappa shape index (κ1) is 35.6. The van der Waals surface area contributed by atoms with Crippen molar-refractivity contribution in [1.82, 2.24) is 9.88 Å². The quantitative estimate of drug-likeness (QED) is 0.259. The van der Waals surface area contributed by atoms with E-state index in [1.807, 2.05) is 19.9 Å². The van der Waals surface area contributed by atoms with E-state index in [1.54, 1.807) is 53.4 Å². The number of fused-ring (bicyclic) bond motifs is 1. The first-order chi connectivity index (χ1) is 23.1. The summed E-state index contributed by atoms with van der Waals surface area (Å²) in [5.74, 6) is -0.704. The van der Waals surface area contributed by atoms with Crippen molar-refractivity contribution in [1.29, 1.82) is 0 Å². The number of piperidine rings is 1. The number of benzene rings is 3. The molecular weight excluding hydrogens is 637 g/mol. The Morgan fingerprint density at radius 3 is 2.04 bits per heavy atom. The van der Waals surface area contributed by atoms with E-state index in [0.29, 0.717) is 89.9 Å². The number of hydrogen-bond acceptors (Lipinski definition) is 9. The largest absolute Gasteiger partial charge is 1.00 e. The van der Waals surface area contributed by atoms with E-state index in [9.17, 15) is 24.3 Å². The Hall–Kier alpha value is -4.71. The Labute approximate surface area is 305 Å². The number of ketones is 1. The fourth-order valence-corrected chi connectivity index (χ4v) is 6.25. The summed E-state index contributed by atoms with van der Waals surface area (Å²) in [6.45, 7) is 5.13. The number of carboxylic acid groups (broad SMARTS) is 1. The van der Waals surface area contributed by atoms with Crippen molar-refractivity contribution in [2.45, 2.75) is 38.7 Å². The van der Waals surface area contributed by atoms with Gasteiger partial charge in [0.05, 0.1) is 48.0 Å². The maximum absolute atomic E-state index is 13.8. The van der Waals surface area contributed by atoms with Gasteiger partial charge in [-0.15, -0.1) is 0 Å². The minimum atomic E-state index is -1.27. The van der Waals surface area contributed by atoms with Gasteiger partial charge in [-0.1, -0.05) is 24.3 Å². The summed E-state index contributed by atoms with van der Waals surface area (Å²) in [4.78, 5) is 56.0. The van der Waals surface area contributed by atoms with E-state index in [4.69, 9.17) is 19.9 Å². The molecule has 0 radical (unpaired) electrons. The summed E-state index contributed by atoms with van der Waals surface area (Å²) >= 11 is 0. The van der Waals surface area contributed by atoms with Crippen LogP contribution in [0.1, 0.15) is 74.5 Å². The van der Waals surface area contributed by atoms with Gasteiger partial charge in [-0.05, 0) is 67.4 Å². The first-order valence-corrected chi connectivity index (χ1v) is 15.8. The van der Waals surface area contributed by atoms with E-state index in [1.165, 1.54) is 18.3 Å². The van der Waals surface area contributed by atoms with Crippen LogP contribution < -0.4 is 54.6 Å². The van der Waals surface area contributed by atoms with Crippen LogP contribution in [0.25, 0.3) is 22.4 Å². The van der Waals surface area contributed by atoms with E-state index < -0.39 is 17.5 Å². The molecule has 3 heterocycles. The number of hydrogen-bond donors (Lipinski definition) is 1. The molecule has 49 heavy (non-hydrogen) atoms. The minimum Gasteiger partial charge on any atom is -0.545 e. The predicted octanol–water partition coefficient (Wildman–Crippen LogP) is 1.32. The Kier molecular flexibility index (Phi) is 10.8. The zero-order valence-corrected chi connectivity index (χ0v) is 29.6. The minimum absolute atomic E-state index is 0. The van der Waals surface area contributed by atoms with Crippen LogP contribution in [0.5, 0.6) is 17.2 Å². The van der Waals surface area contributed by atoms with Crippen molar-refractivity contribution in [2.24, 2.45) is 5.73 Å². The molecule has 1 saturated heterocycles. The summed E-state index contributed by atoms with van der Waals surface area (Å²) in [6, 6.07) is 18.2. The van der Waals surface area contributed by atoms with Crippen LogP contribution in [0.4, 0.5) is 0 Å². The molecule has 4 aromatic rings. The number of carbonyl (C=O) groups excluding carboxylic acids is 4. The maximum Gasteiger partial charge on any atom is 1.00 e. The number of nitrogens with zero attached hydrogens (tertiary/aromatic N) is 2. The van der Waals surface area contributed by atoms with E-state index in [0.717, 1.165) is 5.56 Å². The predicted molar refractivity (Wildman–Crippen MR) is 174 cm³/mol. The van der Waals surface area contributed by atoms with Gasteiger partial charge in [0.25, 0.3) is 5.91 Å². The number of primary amides is 1. The molecule has 1 fully saturated rings. The molecule has 246 valence electrons. The summed E-state index contributed by atoms with van der Waals surface area (Å²) in [6.07, 6.45) is 2.54. The van der Waals surface area contributed by atoms with Crippen LogP contribution in [-0.2, 0) is 0 Å². The van der Waals surface area contributed by atoms with Gasteiger partial charge in [-0.3, -0.25) is 19.4 Å². The Bertz CT molecular complexity index is 1880. The van der Waals surface area contributed by atoms with Gasteiger partial charge in [-0.2, -0.15) is 0 Å². The number of carboxylic acids is 1. The van der Waals surface area contributed by atoms with Gasteiger partial charge in [0.1, 0.15) is 22.8 Å². The normalized spacial score (nSPS) is 14.7. The number of rotatable bonds is 9. The molecule has 2 amide bonds. The topological polar surface area (TPSA) is 161 Å². The van der Waals surface area contributed by atoms with Crippen molar-refractivity contribution in [2.75, 3.05) is 26.3 Å². The van der Waals surface area contributed by atoms with Crippen LogP contribution in [0.3, 0.4) is 0 Å². The number of nitrogens with two attached hydrogens (primary N) is 1. The second kappa shape index (κ2) is 14.8. The molecule has 0 unspecified atom stereocenters. The van der Waals surface area contributed by atoms with Crippen LogP contribution in [-0.4, -0.2) is 65.4 Å². The monoisotopic (exact) mass is 671 g/mol. The SMILES string of the molecule is CCOc1cc(C(=O)N2CCC3(CC2)CC(=O)c2cc(-c4ccc(C(N)=O)cn4)ccc2O3)cc(OCC)c1-c1ccc(C(=O)[O-])cc1.[Na+].